The highest BCUT2D eigenvalue weighted by molar-refractivity contribution is 5.29. The van der Waals surface area contributed by atoms with Crippen molar-refractivity contribution < 1.29 is 0 Å². The Labute approximate surface area is 119 Å². The lowest BCUT2D eigenvalue weighted by Gasteiger charge is -2.21. The van der Waals surface area contributed by atoms with E-state index in [1.165, 1.54) is 30.4 Å². The molecule has 0 saturated carbocycles. The van der Waals surface area contributed by atoms with Crippen molar-refractivity contribution in [2.24, 2.45) is 5.92 Å². The highest BCUT2D eigenvalue weighted by atomic mass is 14.9. The lowest BCUT2D eigenvalue weighted by molar-refractivity contribution is 0.470. The first-order chi connectivity index (χ1) is 8.84. The molecule has 19 heavy (non-hydrogen) atoms. The largest absolute Gasteiger partial charge is 0.313 e. The standard InChI is InChI=1S/C18H31N/c1-14(2)8-7-9-17(19-6)15-10-12-16(13-11-15)18(3,4)5/h10-14,17,19H,7-9H2,1-6H3. The summed E-state index contributed by atoms with van der Waals surface area (Å²) in [5.41, 5.74) is 3.07. The van der Waals surface area contributed by atoms with Crippen LogP contribution in [0, 0.1) is 5.92 Å². The van der Waals surface area contributed by atoms with Crippen LogP contribution >= 0.6 is 0 Å². The minimum absolute atomic E-state index is 0.241. The smallest absolute Gasteiger partial charge is 0.0317 e. The van der Waals surface area contributed by atoms with Crippen LogP contribution in [0.1, 0.15) is 71.0 Å². The van der Waals surface area contributed by atoms with E-state index in [9.17, 15) is 0 Å². The van der Waals surface area contributed by atoms with E-state index in [-0.39, 0.29) is 5.41 Å². The fraction of sp³-hybridized carbons (Fsp3) is 0.667. The van der Waals surface area contributed by atoms with E-state index in [4.69, 9.17) is 0 Å². The van der Waals surface area contributed by atoms with Gasteiger partial charge in [-0.1, -0.05) is 71.7 Å². The average molecular weight is 261 g/mol. The third-order valence-corrected chi connectivity index (χ3v) is 3.80. The zero-order valence-corrected chi connectivity index (χ0v) is 13.6. The SMILES string of the molecule is CNC(CCCC(C)C)c1ccc(C(C)(C)C)cc1. The molecule has 0 bridgehead atoms. The van der Waals surface area contributed by atoms with E-state index in [0.29, 0.717) is 6.04 Å². The Morgan fingerprint density at radius 2 is 1.58 bits per heavy atom. The van der Waals surface area contributed by atoms with Crippen molar-refractivity contribution in [2.75, 3.05) is 7.05 Å². The van der Waals surface area contributed by atoms with Gasteiger partial charge >= 0.3 is 0 Å². The molecule has 108 valence electrons. The molecule has 1 aromatic carbocycles. The Bertz CT molecular complexity index is 356. The van der Waals surface area contributed by atoms with Crippen molar-refractivity contribution in [3.63, 3.8) is 0 Å². The molecule has 0 heterocycles. The number of nitrogens with one attached hydrogen (secondary N) is 1. The predicted octanol–water partition coefficient (Wildman–Crippen LogP) is 5.07. The third kappa shape index (κ3) is 5.36. The van der Waals surface area contributed by atoms with Crippen LogP contribution in [0.5, 0.6) is 0 Å². The molecule has 0 radical (unpaired) electrons. The Morgan fingerprint density at radius 3 is 2.00 bits per heavy atom. The molecular formula is C18H31N. The minimum atomic E-state index is 0.241. The van der Waals surface area contributed by atoms with E-state index < -0.39 is 0 Å². The highest BCUT2D eigenvalue weighted by Gasteiger charge is 2.14. The number of hydrogen-bond donors (Lipinski definition) is 1. The molecule has 1 unspecified atom stereocenters. The second kappa shape index (κ2) is 7.09. The van der Waals surface area contributed by atoms with Gasteiger partial charge in [-0.3, -0.25) is 0 Å². The van der Waals surface area contributed by atoms with Gasteiger partial charge in [-0.2, -0.15) is 0 Å². The van der Waals surface area contributed by atoms with E-state index >= 15 is 0 Å². The van der Waals surface area contributed by atoms with Crippen molar-refractivity contribution in [3.05, 3.63) is 35.4 Å². The second-order valence-corrected chi connectivity index (χ2v) is 7.04. The monoisotopic (exact) mass is 261 g/mol. The molecule has 0 aromatic heterocycles. The number of benzene rings is 1. The van der Waals surface area contributed by atoms with Gasteiger partial charge in [-0.05, 0) is 35.9 Å². The molecule has 1 heteroatoms. The maximum absolute atomic E-state index is 3.45. The normalized spacial score (nSPS) is 13.8. The summed E-state index contributed by atoms with van der Waals surface area (Å²) in [6, 6.07) is 9.63. The first-order valence-electron chi connectivity index (χ1n) is 7.62. The van der Waals surface area contributed by atoms with Crippen LogP contribution < -0.4 is 5.32 Å². The second-order valence-electron chi connectivity index (χ2n) is 7.04. The quantitative estimate of drug-likeness (QED) is 0.753. The van der Waals surface area contributed by atoms with Gasteiger partial charge in [0.2, 0.25) is 0 Å². The molecule has 1 N–H and O–H groups in total. The van der Waals surface area contributed by atoms with Gasteiger partial charge in [0, 0.05) is 6.04 Å². The first-order valence-corrected chi connectivity index (χ1v) is 7.62. The fourth-order valence-corrected chi connectivity index (χ4v) is 2.42. The zero-order chi connectivity index (χ0) is 14.5. The minimum Gasteiger partial charge on any atom is -0.313 e. The highest BCUT2D eigenvalue weighted by Crippen LogP contribution is 2.26. The Morgan fingerprint density at radius 1 is 1.00 bits per heavy atom. The van der Waals surface area contributed by atoms with Crippen LogP contribution in [-0.2, 0) is 5.41 Å². The fourth-order valence-electron chi connectivity index (χ4n) is 2.42. The first kappa shape index (κ1) is 16.2. The maximum Gasteiger partial charge on any atom is 0.0317 e. The summed E-state index contributed by atoms with van der Waals surface area (Å²) in [6.07, 6.45) is 3.84. The number of rotatable bonds is 6. The molecule has 0 aliphatic heterocycles. The molecule has 1 nitrogen and oxygen atoms in total. The predicted molar refractivity (Wildman–Crippen MR) is 85.6 cm³/mol. The molecule has 0 spiro atoms. The van der Waals surface area contributed by atoms with Gasteiger partial charge in [0.05, 0.1) is 0 Å². The zero-order valence-electron chi connectivity index (χ0n) is 13.6. The molecule has 1 atom stereocenters. The van der Waals surface area contributed by atoms with Crippen LogP contribution in [0.15, 0.2) is 24.3 Å². The van der Waals surface area contributed by atoms with Crippen molar-refractivity contribution in [2.45, 2.75) is 65.3 Å². The van der Waals surface area contributed by atoms with E-state index in [0.717, 1.165) is 5.92 Å². The summed E-state index contributed by atoms with van der Waals surface area (Å²) in [6.45, 7) is 11.4. The van der Waals surface area contributed by atoms with Crippen molar-refractivity contribution in [3.8, 4) is 0 Å². The molecular weight excluding hydrogens is 230 g/mol. The van der Waals surface area contributed by atoms with Crippen LogP contribution in [0.25, 0.3) is 0 Å². The molecule has 0 fully saturated rings. The Balaban J connectivity index is 2.66. The average Bonchev–Trinajstić information content (AvgIpc) is 2.33. The van der Waals surface area contributed by atoms with Gasteiger partial charge < -0.3 is 5.32 Å². The van der Waals surface area contributed by atoms with Crippen molar-refractivity contribution in [1.82, 2.24) is 5.32 Å². The molecule has 1 aromatic rings. The molecule has 0 saturated heterocycles. The molecule has 0 amide bonds. The third-order valence-electron chi connectivity index (χ3n) is 3.80. The summed E-state index contributed by atoms with van der Waals surface area (Å²) in [5.74, 6) is 0.806. The topological polar surface area (TPSA) is 12.0 Å². The van der Waals surface area contributed by atoms with Crippen LogP contribution in [-0.4, -0.2) is 7.05 Å². The summed E-state index contributed by atoms with van der Waals surface area (Å²) in [4.78, 5) is 0. The van der Waals surface area contributed by atoms with E-state index in [1.54, 1.807) is 0 Å². The van der Waals surface area contributed by atoms with E-state index in [1.807, 2.05) is 0 Å². The Kier molecular flexibility index (Phi) is 6.06. The lowest BCUT2D eigenvalue weighted by Crippen LogP contribution is -2.17. The summed E-state index contributed by atoms with van der Waals surface area (Å²) in [7, 11) is 2.07. The van der Waals surface area contributed by atoms with Crippen molar-refractivity contribution in [1.29, 1.82) is 0 Å². The van der Waals surface area contributed by atoms with Gasteiger partial charge in [0.25, 0.3) is 0 Å². The summed E-state index contributed by atoms with van der Waals surface area (Å²) in [5, 5.41) is 3.45. The van der Waals surface area contributed by atoms with Crippen LogP contribution in [0.2, 0.25) is 0 Å². The van der Waals surface area contributed by atoms with Gasteiger partial charge in [-0.25, -0.2) is 0 Å². The van der Waals surface area contributed by atoms with Crippen molar-refractivity contribution >= 4 is 0 Å². The summed E-state index contributed by atoms with van der Waals surface area (Å²) >= 11 is 0. The summed E-state index contributed by atoms with van der Waals surface area (Å²) < 4.78 is 0. The number of hydrogen-bond acceptors (Lipinski definition) is 1. The molecule has 0 aliphatic carbocycles. The van der Waals surface area contributed by atoms with Crippen LogP contribution in [0.3, 0.4) is 0 Å². The Hall–Kier alpha value is -0.820. The van der Waals surface area contributed by atoms with Crippen LogP contribution in [0.4, 0.5) is 0 Å². The lowest BCUT2D eigenvalue weighted by atomic mass is 9.86. The van der Waals surface area contributed by atoms with Gasteiger partial charge in [0.1, 0.15) is 0 Å². The molecule has 1 rings (SSSR count). The molecule has 0 aliphatic rings. The van der Waals surface area contributed by atoms with Gasteiger partial charge in [-0.15, -0.1) is 0 Å². The maximum atomic E-state index is 3.45. The van der Waals surface area contributed by atoms with Gasteiger partial charge in [0.15, 0.2) is 0 Å². The van der Waals surface area contributed by atoms with E-state index in [2.05, 4.69) is 71.2 Å².